The Bertz CT molecular complexity index is 231. The molecule has 2 nitrogen and oxygen atoms in total. The first kappa shape index (κ1) is 12.4. The Hall–Kier alpha value is -0.0800. The number of nitrogens with one attached hydrogen (secondary N) is 1. The summed E-state index contributed by atoms with van der Waals surface area (Å²) in [5, 5.41) is 3.59. The molecule has 2 heteroatoms. The van der Waals surface area contributed by atoms with Crippen molar-refractivity contribution in [2.75, 3.05) is 6.54 Å². The molecule has 2 fully saturated rings. The van der Waals surface area contributed by atoms with Gasteiger partial charge in [-0.25, -0.2) is 0 Å². The normalized spacial score (nSPS) is 44.1. The number of rotatable bonds is 4. The molecule has 2 rings (SSSR count). The maximum Gasteiger partial charge on any atom is 0.0584 e. The zero-order valence-electron chi connectivity index (χ0n) is 11.1. The molecule has 0 aromatic rings. The van der Waals surface area contributed by atoms with E-state index < -0.39 is 0 Å². The second kappa shape index (κ2) is 5.05. The second-order valence-electron chi connectivity index (χ2n) is 6.16. The van der Waals surface area contributed by atoms with E-state index in [0.717, 1.165) is 12.6 Å². The molecule has 4 atom stereocenters. The van der Waals surface area contributed by atoms with Crippen LogP contribution in [0.4, 0.5) is 0 Å². The number of hydrogen-bond acceptors (Lipinski definition) is 2. The van der Waals surface area contributed by atoms with Crippen molar-refractivity contribution in [2.24, 2.45) is 5.41 Å². The predicted octanol–water partition coefficient (Wildman–Crippen LogP) is 3.11. The fourth-order valence-corrected chi connectivity index (χ4v) is 3.56. The van der Waals surface area contributed by atoms with Gasteiger partial charge in [-0.1, -0.05) is 13.8 Å². The Morgan fingerprint density at radius 2 is 2.12 bits per heavy atom. The summed E-state index contributed by atoms with van der Waals surface area (Å²) in [4.78, 5) is 0. The van der Waals surface area contributed by atoms with Crippen LogP contribution < -0.4 is 5.32 Å². The highest BCUT2D eigenvalue weighted by atomic mass is 16.5. The molecular formula is C14H27NO. The summed E-state index contributed by atoms with van der Waals surface area (Å²) >= 11 is 0. The summed E-state index contributed by atoms with van der Waals surface area (Å²) in [6.07, 6.45) is 8.93. The zero-order valence-corrected chi connectivity index (χ0v) is 11.1. The van der Waals surface area contributed by atoms with E-state index in [1.807, 2.05) is 0 Å². The maximum atomic E-state index is 5.96. The standard InChI is InChI=1S/C14H27NO/c1-4-15-12-7-8-14(3,9-12)10-13-6-5-11(2)16-13/h11-13,15H,4-10H2,1-3H3. The lowest BCUT2D eigenvalue weighted by Gasteiger charge is -2.27. The molecule has 1 saturated carbocycles. The topological polar surface area (TPSA) is 21.3 Å². The van der Waals surface area contributed by atoms with E-state index in [1.54, 1.807) is 0 Å². The monoisotopic (exact) mass is 225 g/mol. The molecule has 1 saturated heterocycles. The summed E-state index contributed by atoms with van der Waals surface area (Å²) in [7, 11) is 0. The largest absolute Gasteiger partial charge is 0.375 e. The molecule has 1 aliphatic carbocycles. The van der Waals surface area contributed by atoms with Crippen molar-refractivity contribution in [1.82, 2.24) is 5.32 Å². The molecule has 0 aromatic heterocycles. The van der Waals surface area contributed by atoms with Crippen molar-refractivity contribution < 1.29 is 4.74 Å². The van der Waals surface area contributed by atoms with Crippen LogP contribution in [0.15, 0.2) is 0 Å². The third-order valence-corrected chi connectivity index (χ3v) is 4.37. The molecule has 16 heavy (non-hydrogen) atoms. The average molecular weight is 225 g/mol. The van der Waals surface area contributed by atoms with Crippen LogP contribution in [-0.2, 0) is 4.74 Å². The van der Waals surface area contributed by atoms with Gasteiger partial charge in [-0.15, -0.1) is 0 Å². The highest BCUT2D eigenvalue weighted by Gasteiger charge is 2.38. The van der Waals surface area contributed by atoms with Crippen molar-refractivity contribution >= 4 is 0 Å². The van der Waals surface area contributed by atoms with E-state index in [0.29, 0.717) is 17.6 Å². The van der Waals surface area contributed by atoms with E-state index in [1.165, 1.54) is 38.5 Å². The molecule has 0 bridgehead atoms. The molecule has 1 aliphatic heterocycles. The van der Waals surface area contributed by atoms with Gasteiger partial charge >= 0.3 is 0 Å². The quantitative estimate of drug-likeness (QED) is 0.794. The average Bonchev–Trinajstić information content (AvgIpc) is 2.75. The Kier molecular flexibility index (Phi) is 3.91. The van der Waals surface area contributed by atoms with Gasteiger partial charge in [0.15, 0.2) is 0 Å². The molecule has 0 aromatic carbocycles. The van der Waals surface area contributed by atoms with Crippen LogP contribution in [-0.4, -0.2) is 24.8 Å². The Morgan fingerprint density at radius 1 is 1.31 bits per heavy atom. The lowest BCUT2D eigenvalue weighted by Crippen LogP contribution is -2.28. The highest BCUT2D eigenvalue weighted by Crippen LogP contribution is 2.43. The van der Waals surface area contributed by atoms with Crippen molar-refractivity contribution in [2.45, 2.75) is 77.5 Å². The summed E-state index contributed by atoms with van der Waals surface area (Å²) in [6, 6.07) is 0.758. The molecule has 4 unspecified atom stereocenters. The summed E-state index contributed by atoms with van der Waals surface area (Å²) in [6.45, 7) is 7.98. The smallest absolute Gasteiger partial charge is 0.0584 e. The molecule has 0 radical (unpaired) electrons. The van der Waals surface area contributed by atoms with Crippen molar-refractivity contribution in [3.63, 3.8) is 0 Å². The predicted molar refractivity (Wildman–Crippen MR) is 67.6 cm³/mol. The van der Waals surface area contributed by atoms with Crippen LogP contribution in [0.3, 0.4) is 0 Å². The minimum Gasteiger partial charge on any atom is -0.375 e. The molecule has 1 N–H and O–H groups in total. The number of hydrogen-bond donors (Lipinski definition) is 1. The fourth-order valence-electron chi connectivity index (χ4n) is 3.56. The van der Waals surface area contributed by atoms with Gasteiger partial charge in [-0.05, 0) is 57.4 Å². The van der Waals surface area contributed by atoms with Gasteiger partial charge in [0.25, 0.3) is 0 Å². The first-order valence-electron chi connectivity index (χ1n) is 7.00. The van der Waals surface area contributed by atoms with Crippen LogP contribution >= 0.6 is 0 Å². The number of ether oxygens (including phenoxy) is 1. The SMILES string of the molecule is CCNC1CCC(C)(CC2CCC(C)O2)C1. The molecule has 0 amide bonds. The van der Waals surface area contributed by atoms with E-state index >= 15 is 0 Å². The Labute approximate surface area is 100 Å². The van der Waals surface area contributed by atoms with Crippen LogP contribution in [0, 0.1) is 5.41 Å². The van der Waals surface area contributed by atoms with Crippen molar-refractivity contribution in [1.29, 1.82) is 0 Å². The summed E-state index contributed by atoms with van der Waals surface area (Å²) in [5.41, 5.74) is 0.529. The van der Waals surface area contributed by atoms with Crippen molar-refractivity contribution in [3.8, 4) is 0 Å². The van der Waals surface area contributed by atoms with Gasteiger partial charge in [0.2, 0.25) is 0 Å². The van der Waals surface area contributed by atoms with Gasteiger partial charge in [-0.2, -0.15) is 0 Å². The van der Waals surface area contributed by atoms with Gasteiger partial charge in [0, 0.05) is 6.04 Å². The minimum atomic E-state index is 0.500. The second-order valence-corrected chi connectivity index (χ2v) is 6.16. The molecular weight excluding hydrogens is 198 g/mol. The third kappa shape index (κ3) is 2.98. The van der Waals surface area contributed by atoms with Gasteiger partial charge in [0.05, 0.1) is 12.2 Å². The highest BCUT2D eigenvalue weighted by molar-refractivity contribution is 4.91. The van der Waals surface area contributed by atoms with Crippen LogP contribution in [0.25, 0.3) is 0 Å². The molecule has 2 aliphatic rings. The van der Waals surface area contributed by atoms with E-state index in [-0.39, 0.29) is 0 Å². The van der Waals surface area contributed by atoms with Crippen LogP contribution in [0.1, 0.15) is 59.3 Å². The summed E-state index contributed by atoms with van der Waals surface area (Å²) < 4.78 is 5.96. The molecule has 1 heterocycles. The van der Waals surface area contributed by atoms with Gasteiger partial charge in [-0.3, -0.25) is 0 Å². The molecule has 94 valence electrons. The van der Waals surface area contributed by atoms with E-state index in [2.05, 4.69) is 26.1 Å². The van der Waals surface area contributed by atoms with Gasteiger partial charge < -0.3 is 10.1 Å². The first-order chi connectivity index (χ1) is 7.61. The van der Waals surface area contributed by atoms with E-state index in [9.17, 15) is 0 Å². The third-order valence-electron chi connectivity index (χ3n) is 4.37. The Balaban J connectivity index is 1.80. The lowest BCUT2D eigenvalue weighted by atomic mass is 9.82. The zero-order chi connectivity index (χ0) is 11.6. The fraction of sp³-hybridized carbons (Fsp3) is 1.00. The summed E-state index contributed by atoms with van der Waals surface area (Å²) in [5.74, 6) is 0. The lowest BCUT2D eigenvalue weighted by molar-refractivity contribution is 0.0259. The van der Waals surface area contributed by atoms with Crippen molar-refractivity contribution in [3.05, 3.63) is 0 Å². The van der Waals surface area contributed by atoms with Gasteiger partial charge in [0.1, 0.15) is 0 Å². The molecule has 0 spiro atoms. The maximum absolute atomic E-state index is 5.96. The van der Waals surface area contributed by atoms with Crippen LogP contribution in [0.5, 0.6) is 0 Å². The van der Waals surface area contributed by atoms with E-state index in [4.69, 9.17) is 4.74 Å². The van der Waals surface area contributed by atoms with Crippen LogP contribution in [0.2, 0.25) is 0 Å². The minimum absolute atomic E-state index is 0.500. The first-order valence-corrected chi connectivity index (χ1v) is 7.00. The Morgan fingerprint density at radius 3 is 2.75 bits per heavy atom.